The normalized spacial score (nSPS) is 10.6. The van der Waals surface area contributed by atoms with Crippen LogP contribution in [0.25, 0.3) is 11.0 Å². The topological polar surface area (TPSA) is 59.3 Å². The Balaban J connectivity index is 2.02. The van der Waals surface area contributed by atoms with E-state index in [4.69, 9.17) is 16.0 Å². The van der Waals surface area contributed by atoms with E-state index in [-0.39, 0.29) is 5.56 Å². The van der Waals surface area contributed by atoms with Crippen LogP contribution in [0.4, 0.5) is 5.69 Å². The van der Waals surface area contributed by atoms with Crippen molar-refractivity contribution in [2.75, 3.05) is 5.32 Å². The van der Waals surface area contributed by atoms with Crippen LogP contribution in [0.5, 0.6) is 0 Å². The van der Waals surface area contributed by atoms with Gasteiger partial charge >= 0.3 is 5.63 Å². The van der Waals surface area contributed by atoms with E-state index in [9.17, 15) is 9.59 Å². The minimum absolute atomic E-state index is 0.0574. The molecule has 0 saturated carbocycles. The molecule has 0 unspecified atom stereocenters. The number of para-hydroxylation sites is 2. The molecular formula is C17H12ClNO3. The van der Waals surface area contributed by atoms with E-state index in [0.717, 1.165) is 5.56 Å². The molecule has 0 radical (unpaired) electrons. The van der Waals surface area contributed by atoms with Gasteiger partial charge in [-0.1, -0.05) is 41.9 Å². The Bertz CT molecular complexity index is 910. The van der Waals surface area contributed by atoms with Gasteiger partial charge in [-0.3, -0.25) is 4.79 Å². The van der Waals surface area contributed by atoms with Gasteiger partial charge in [-0.2, -0.15) is 0 Å². The average molecular weight is 314 g/mol. The van der Waals surface area contributed by atoms with Crippen LogP contribution in [0.1, 0.15) is 15.9 Å². The Hall–Kier alpha value is -2.59. The van der Waals surface area contributed by atoms with Gasteiger partial charge in [0.1, 0.15) is 11.1 Å². The van der Waals surface area contributed by atoms with Gasteiger partial charge in [0.2, 0.25) is 0 Å². The monoisotopic (exact) mass is 313 g/mol. The lowest BCUT2D eigenvalue weighted by molar-refractivity contribution is 0.102. The number of carbonyl (C=O) groups is 1. The average Bonchev–Trinajstić information content (AvgIpc) is 2.50. The minimum atomic E-state index is -0.680. The zero-order valence-corrected chi connectivity index (χ0v) is 12.5. The number of fused-ring (bicyclic) bond motifs is 1. The smallest absolute Gasteiger partial charge is 0.349 e. The van der Waals surface area contributed by atoms with Gasteiger partial charge in [0.15, 0.2) is 0 Å². The number of anilines is 1. The zero-order valence-electron chi connectivity index (χ0n) is 11.7. The fourth-order valence-corrected chi connectivity index (χ4v) is 2.46. The molecule has 2 aromatic carbocycles. The molecule has 3 aromatic rings. The standard InChI is InChI=1S/C17H12ClNO3/c1-10-5-4-7-13(18)15(10)19-16(20)12-9-11-6-2-3-8-14(11)22-17(12)21/h2-9H,1H3,(H,19,20). The lowest BCUT2D eigenvalue weighted by atomic mass is 10.1. The second-order valence-electron chi connectivity index (χ2n) is 4.87. The largest absolute Gasteiger partial charge is 0.422 e. The van der Waals surface area contributed by atoms with E-state index in [1.807, 2.05) is 19.1 Å². The highest BCUT2D eigenvalue weighted by Gasteiger charge is 2.16. The first kappa shape index (κ1) is 14.4. The molecule has 22 heavy (non-hydrogen) atoms. The molecule has 0 aliphatic carbocycles. The van der Waals surface area contributed by atoms with Gasteiger partial charge in [-0.25, -0.2) is 4.79 Å². The van der Waals surface area contributed by atoms with E-state index in [1.54, 1.807) is 30.3 Å². The molecule has 0 saturated heterocycles. The van der Waals surface area contributed by atoms with Crippen molar-refractivity contribution >= 4 is 34.2 Å². The molecule has 0 atom stereocenters. The molecule has 0 bridgehead atoms. The molecule has 1 heterocycles. The minimum Gasteiger partial charge on any atom is -0.422 e. The summed E-state index contributed by atoms with van der Waals surface area (Å²) in [7, 11) is 0. The molecule has 4 nitrogen and oxygen atoms in total. The van der Waals surface area contributed by atoms with Crippen molar-refractivity contribution in [3.63, 3.8) is 0 Å². The third kappa shape index (κ3) is 2.61. The SMILES string of the molecule is Cc1cccc(Cl)c1NC(=O)c1cc2ccccc2oc1=O. The molecule has 5 heteroatoms. The molecule has 1 amide bonds. The van der Waals surface area contributed by atoms with E-state index in [2.05, 4.69) is 5.32 Å². The molecule has 110 valence electrons. The summed E-state index contributed by atoms with van der Waals surface area (Å²) in [4.78, 5) is 24.3. The first-order valence-corrected chi connectivity index (χ1v) is 7.03. The number of carbonyl (C=O) groups excluding carboxylic acids is 1. The predicted molar refractivity (Wildman–Crippen MR) is 86.6 cm³/mol. The van der Waals surface area contributed by atoms with Crippen molar-refractivity contribution in [2.45, 2.75) is 6.92 Å². The number of hydrogen-bond acceptors (Lipinski definition) is 3. The number of amides is 1. The van der Waals surface area contributed by atoms with Crippen LogP contribution >= 0.6 is 11.6 Å². The molecular weight excluding hydrogens is 302 g/mol. The highest BCUT2D eigenvalue weighted by Crippen LogP contribution is 2.25. The third-order valence-corrected chi connectivity index (χ3v) is 3.66. The summed E-state index contributed by atoms with van der Waals surface area (Å²) in [5.74, 6) is -0.546. The fraction of sp³-hybridized carbons (Fsp3) is 0.0588. The van der Waals surface area contributed by atoms with Crippen molar-refractivity contribution in [1.82, 2.24) is 0 Å². The third-order valence-electron chi connectivity index (χ3n) is 3.35. The van der Waals surface area contributed by atoms with E-state index in [1.165, 1.54) is 6.07 Å². The van der Waals surface area contributed by atoms with Crippen molar-refractivity contribution < 1.29 is 9.21 Å². The van der Waals surface area contributed by atoms with Crippen LogP contribution < -0.4 is 10.9 Å². The van der Waals surface area contributed by atoms with Crippen LogP contribution in [0.15, 0.2) is 57.7 Å². The van der Waals surface area contributed by atoms with Crippen molar-refractivity contribution in [1.29, 1.82) is 0 Å². The molecule has 0 aliphatic heterocycles. The summed E-state index contributed by atoms with van der Waals surface area (Å²) in [6.07, 6.45) is 0. The van der Waals surface area contributed by atoms with E-state index in [0.29, 0.717) is 21.7 Å². The molecule has 0 fully saturated rings. The lowest BCUT2D eigenvalue weighted by Gasteiger charge is -2.09. The summed E-state index contributed by atoms with van der Waals surface area (Å²) in [5.41, 5.74) is 1.00. The Morgan fingerprint density at radius 1 is 1.14 bits per heavy atom. The van der Waals surface area contributed by atoms with E-state index >= 15 is 0 Å². The maximum atomic E-state index is 12.4. The second kappa shape index (κ2) is 5.66. The zero-order chi connectivity index (χ0) is 15.7. The lowest BCUT2D eigenvalue weighted by Crippen LogP contribution is -2.21. The van der Waals surface area contributed by atoms with Gasteiger partial charge < -0.3 is 9.73 Å². The Kier molecular flexibility index (Phi) is 3.69. The summed E-state index contributed by atoms with van der Waals surface area (Å²) in [6.45, 7) is 1.82. The summed E-state index contributed by atoms with van der Waals surface area (Å²) >= 11 is 6.08. The van der Waals surface area contributed by atoms with Crippen LogP contribution in [-0.4, -0.2) is 5.91 Å². The number of hydrogen-bond donors (Lipinski definition) is 1. The molecule has 1 N–H and O–H groups in total. The van der Waals surface area contributed by atoms with Crippen LogP contribution in [0, 0.1) is 6.92 Å². The van der Waals surface area contributed by atoms with Gasteiger partial charge in [0, 0.05) is 5.39 Å². The molecule has 1 aromatic heterocycles. The Labute approximate surface area is 131 Å². The number of halogens is 1. The van der Waals surface area contributed by atoms with Crippen molar-refractivity contribution in [3.8, 4) is 0 Å². The molecule has 0 aliphatic rings. The van der Waals surface area contributed by atoms with Gasteiger partial charge in [-0.05, 0) is 30.7 Å². The summed E-state index contributed by atoms with van der Waals surface area (Å²) in [6, 6.07) is 13.8. The molecule has 0 spiro atoms. The first-order valence-electron chi connectivity index (χ1n) is 6.65. The molecule has 3 rings (SSSR count). The maximum absolute atomic E-state index is 12.4. The van der Waals surface area contributed by atoms with Crippen molar-refractivity contribution in [3.05, 3.63) is 75.1 Å². The number of rotatable bonds is 2. The summed E-state index contributed by atoms with van der Waals surface area (Å²) in [5, 5.41) is 3.77. The van der Waals surface area contributed by atoms with Crippen molar-refractivity contribution in [2.24, 2.45) is 0 Å². The number of nitrogens with one attached hydrogen (secondary N) is 1. The first-order chi connectivity index (χ1) is 10.6. The summed E-state index contributed by atoms with van der Waals surface area (Å²) < 4.78 is 5.16. The highest BCUT2D eigenvalue weighted by atomic mass is 35.5. The Morgan fingerprint density at radius 2 is 1.91 bits per heavy atom. The predicted octanol–water partition coefficient (Wildman–Crippen LogP) is 4.01. The number of benzene rings is 2. The fourth-order valence-electron chi connectivity index (χ4n) is 2.19. The van der Waals surface area contributed by atoms with Gasteiger partial charge in [0.05, 0.1) is 10.7 Å². The number of aryl methyl sites for hydroxylation is 1. The maximum Gasteiger partial charge on any atom is 0.349 e. The Morgan fingerprint density at radius 3 is 2.68 bits per heavy atom. The van der Waals surface area contributed by atoms with Crippen LogP contribution in [0.2, 0.25) is 5.02 Å². The highest BCUT2D eigenvalue weighted by molar-refractivity contribution is 6.34. The van der Waals surface area contributed by atoms with Gasteiger partial charge in [-0.15, -0.1) is 0 Å². The van der Waals surface area contributed by atoms with Crippen LogP contribution in [0.3, 0.4) is 0 Å². The van der Waals surface area contributed by atoms with E-state index < -0.39 is 11.5 Å². The van der Waals surface area contributed by atoms with Gasteiger partial charge in [0.25, 0.3) is 5.91 Å². The second-order valence-corrected chi connectivity index (χ2v) is 5.28. The quantitative estimate of drug-likeness (QED) is 0.727. The van der Waals surface area contributed by atoms with Crippen LogP contribution in [-0.2, 0) is 0 Å².